The fourth-order valence-corrected chi connectivity index (χ4v) is 12.6. The molecule has 3 N–H and O–H groups in total. The Kier molecular flexibility index (Phi) is 12.1. The van der Waals surface area contributed by atoms with Gasteiger partial charge in [0, 0.05) is 62.4 Å². The van der Waals surface area contributed by atoms with Crippen molar-refractivity contribution < 1.29 is 36.7 Å². The molecule has 4 fully saturated rings. The van der Waals surface area contributed by atoms with E-state index in [2.05, 4.69) is 67.9 Å². The quantitative estimate of drug-likeness (QED) is 0.0797. The molecular formula is C50H58FN7O8S. The molecule has 17 heteroatoms. The number of benzene rings is 3. The van der Waals surface area contributed by atoms with E-state index in [4.69, 9.17) is 14.2 Å². The Morgan fingerprint density at radius 1 is 1.03 bits per heavy atom. The number of nitro benzene ring substituents is 1. The van der Waals surface area contributed by atoms with Gasteiger partial charge in [0.2, 0.25) is 0 Å². The highest BCUT2D eigenvalue weighted by Gasteiger charge is 2.50. The molecule has 354 valence electrons. The molecule has 0 bridgehead atoms. The molecule has 67 heavy (non-hydrogen) atoms. The van der Waals surface area contributed by atoms with Crippen LogP contribution in [0.5, 0.6) is 17.2 Å². The maximum atomic E-state index is 14.7. The van der Waals surface area contributed by atoms with E-state index in [9.17, 15) is 27.7 Å². The molecule has 10 rings (SSSR count). The Hall–Kier alpha value is -5.78. The van der Waals surface area contributed by atoms with E-state index in [1.165, 1.54) is 67.4 Å². The molecule has 2 atom stereocenters. The number of nitrogens with zero attached hydrogens (tertiary/aromatic N) is 4. The number of pyridine rings is 1. The molecule has 5 aliphatic rings. The first-order valence-electron chi connectivity index (χ1n) is 23.6. The average molecular weight is 936 g/mol. The van der Waals surface area contributed by atoms with Crippen LogP contribution in [-0.2, 0) is 14.8 Å². The second kappa shape index (κ2) is 18.0. The van der Waals surface area contributed by atoms with Gasteiger partial charge in [-0.1, -0.05) is 38.1 Å². The number of carbonyl (C=O) groups is 1. The number of hydrogen-bond donors (Lipinski definition) is 3. The molecule has 5 heterocycles. The third-order valence-corrected chi connectivity index (χ3v) is 16.6. The number of aromatic nitrogens is 2. The van der Waals surface area contributed by atoms with Crippen LogP contribution in [0.1, 0.15) is 112 Å². The van der Waals surface area contributed by atoms with Gasteiger partial charge in [-0.15, -0.1) is 0 Å². The number of likely N-dealkylation sites (tertiary alicyclic amines) is 1. The standard InChI is InChI=1S/C50H58FN7O8S/c1-30(2)37-7-4-5-8-38(37)43-9-6-18-57(43)33-25-50(26-33)16-19-56(20-17-50)32-12-15-39(45(21-32)66-35-22-40-41(51)28-53-48(40)52-27-35)49(59)55-67(62,63)36-23-44(58(60)61)47-46(24-36)65-29-42(54-47)31-10-13-34(64-3)14-11-31/h4-5,7-8,12,15,21-24,27-28,30-31,33-34,42-43,54H,6,9-11,13-14,16-20,25-26,29H2,1-3H3,(H,52,53)(H,55,59)/t31?,34?,42-,43-/m1/s1. The lowest BCUT2D eigenvalue weighted by Gasteiger charge is -2.56. The summed E-state index contributed by atoms with van der Waals surface area (Å²) in [5.41, 5.74) is 3.78. The summed E-state index contributed by atoms with van der Waals surface area (Å²) in [7, 11) is -3.00. The molecular weight excluding hydrogens is 878 g/mol. The van der Waals surface area contributed by atoms with E-state index < -0.39 is 37.3 Å². The van der Waals surface area contributed by atoms with Crippen molar-refractivity contribution in [3.63, 3.8) is 0 Å². The van der Waals surface area contributed by atoms with Crippen LogP contribution in [0.4, 0.5) is 21.5 Å². The number of nitrogens with one attached hydrogen (secondary N) is 3. The summed E-state index contributed by atoms with van der Waals surface area (Å²) in [6.07, 6.45) is 13.0. The first kappa shape index (κ1) is 45.0. The molecule has 1 spiro atoms. The van der Waals surface area contributed by atoms with Crippen LogP contribution < -0.4 is 24.4 Å². The number of amides is 1. The maximum Gasteiger partial charge on any atom is 0.297 e. The van der Waals surface area contributed by atoms with Gasteiger partial charge in [-0.3, -0.25) is 19.8 Å². The number of sulfonamides is 1. The van der Waals surface area contributed by atoms with Gasteiger partial charge < -0.3 is 29.4 Å². The van der Waals surface area contributed by atoms with Gasteiger partial charge in [0.15, 0.2) is 11.4 Å². The molecule has 2 aromatic heterocycles. The second-order valence-corrected chi connectivity index (χ2v) is 21.2. The minimum atomic E-state index is -4.69. The molecule has 2 saturated carbocycles. The molecule has 3 aromatic carbocycles. The van der Waals surface area contributed by atoms with Crippen LogP contribution in [-0.4, -0.2) is 85.7 Å². The summed E-state index contributed by atoms with van der Waals surface area (Å²) in [6, 6.07) is 18.3. The van der Waals surface area contributed by atoms with E-state index >= 15 is 0 Å². The summed E-state index contributed by atoms with van der Waals surface area (Å²) in [5, 5.41) is 15.8. The monoisotopic (exact) mass is 935 g/mol. The van der Waals surface area contributed by atoms with Crippen molar-refractivity contribution in [3.05, 3.63) is 106 Å². The number of halogens is 1. The van der Waals surface area contributed by atoms with Gasteiger partial charge in [-0.2, -0.15) is 0 Å². The molecule has 5 aromatic rings. The van der Waals surface area contributed by atoms with Crippen molar-refractivity contribution in [2.75, 3.05) is 43.6 Å². The average Bonchev–Trinajstić information content (AvgIpc) is 3.96. The number of ether oxygens (including phenoxy) is 3. The molecule has 3 aliphatic heterocycles. The molecule has 0 radical (unpaired) electrons. The SMILES string of the molecule is COC1CCC([C@H]2COc3cc(S(=O)(=O)NC(=O)c4ccc(N5CCC6(CC5)CC(N5CCC[C@@H]5c5ccccc5C(C)C)C6)cc4Oc4cnc5[nH]cc(F)c5c4)cc([N+](=O)[O-])c3N2)CC1. The third kappa shape index (κ3) is 8.81. The van der Waals surface area contributed by atoms with Crippen molar-refractivity contribution in [2.24, 2.45) is 11.3 Å². The largest absolute Gasteiger partial charge is 0.489 e. The zero-order valence-electron chi connectivity index (χ0n) is 38.1. The highest BCUT2D eigenvalue weighted by molar-refractivity contribution is 7.90. The predicted octanol–water partition coefficient (Wildman–Crippen LogP) is 9.61. The topological polar surface area (TPSA) is 181 Å². The number of anilines is 2. The maximum absolute atomic E-state index is 14.7. The normalized spacial score (nSPS) is 23.1. The highest BCUT2D eigenvalue weighted by Crippen LogP contribution is 2.54. The summed E-state index contributed by atoms with van der Waals surface area (Å²) in [4.78, 5) is 37.4. The van der Waals surface area contributed by atoms with Crippen molar-refractivity contribution in [2.45, 2.75) is 113 Å². The Bertz CT molecular complexity index is 2800. The zero-order valence-corrected chi connectivity index (χ0v) is 38.9. The van der Waals surface area contributed by atoms with Crippen molar-refractivity contribution in [1.82, 2.24) is 19.6 Å². The predicted molar refractivity (Wildman–Crippen MR) is 252 cm³/mol. The van der Waals surface area contributed by atoms with Crippen LogP contribution in [0.3, 0.4) is 0 Å². The van der Waals surface area contributed by atoms with Gasteiger partial charge >= 0.3 is 0 Å². The summed E-state index contributed by atoms with van der Waals surface area (Å²) >= 11 is 0. The Morgan fingerprint density at radius 2 is 1.81 bits per heavy atom. The van der Waals surface area contributed by atoms with Crippen LogP contribution >= 0.6 is 0 Å². The van der Waals surface area contributed by atoms with Gasteiger partial charge in [0.05, 0.1) is 39.1 Å². The third-order valence-electron chi connectivity index (χ3n) is 15.3. The number of fused-ring (bicyclic) bond motifs is 2. The number of H-pyrrole nitrogens is 1. The lowest BCUT2D eigenvalue weighted by Crippen LogP contribution is -2.54. The Labute approximate surface area is 390 Å². The van der Waals surface area contributed by atoms with E-state index in [0.29, 0.717) is 23.6 Å². The van der Waals surface area contributed by atoms with Crippen LogP contribution in [0, 0.1) is 27.3 Å². The number of nitro groups is 1. The summed E-state index contributed by atoms with van der Waals surface area (Å²) < 4.78 is 62.5. The van der Waals surface area contributed by atoms with E-state index in [1.807, 2.05) is 0 Å². The van der Waals surface area contributed by atoms with Crippen molar-refractivity contribution in [1.29, 1.82) is 0 Å². The number of aromatic amines is 1. The molecule has 2 aliphatic carbocycles. The molecule has 2 saturated heterocycles. The van der Waals surface area contributed by atoms with Crippen LogP contribution in [0.2, 0.25) is 0 Å². The van der Waals surface area contributed by atoms with Crippen LogP contribution in [0.15, 0.2) is 78.0 Å². The summed E-state index contributed by atoms with van der Waals surface area (Å²) in [5.74, 6) is -0.717. The van der Waals surface area contributed by atoms with Gasteiger partial charge in [-0.25, -0.2) is 22.5 Å². The lowest BCUT2D eigenvalue weighted by atomic mass is 9.59. The Morgan fingerprint density at radius 3 is 2.55 bits per heavy atom. The fraction of sp³-hybridized carbons (Fsp3) is 0.480. The highest BCUT2D eigenvalue weighted by atomic mass is 32.2. The van der Waals surface area contributed by atoms with Crippen molar-refractivity contribution >= 4 is 44.0 Å². The first-order valence-corrected chi connectivity index (χ1v) is 25.1. The summed E-state index contributed by atoms with van der Waals surface area (Å²) in [6.45, 7) is 7.45. The van der Waals surface area contributed by atoms with Gasteiger partial charge in [0.25, 0.3) is 21.6 Å². The number of piperidine rings is 1. The Balaban J connectivity index is 0.861. The number of rotatable bonds is 12. The zero-order chi connectivity index (χ0) is 46.6. The smallest absolute Gasteiger partial charge is 0.297 e. The number of carbonyl (C=O) groups excluding carboxylic acids is 1. The van der Waals surface area contributed by atoms with Gasteiger partial charge in [0.1, 0.15) is 29.6 Å². The van der Waals surface area contributed by atoms with Crippen LogP contribution in [0.25, 0.3) is 11.0 Å². The number of hydrogen-bond acceptors (Lipinski definition) is 12. The lowest BCUT2D eigenvalue weighted by molar-refractivity contribution is -0.384. The first-order chi connectivity index (χ1) is 32.3. The number of methoxy groups -OCH3 is 1. The second-order valence-electron chi connectivity index (χ2n) is 19.6. The molecule has 0 unspecified atom stereocenters. The van der Waals surface area contributed by atoms with E-state index in [1.54, 1.807) is 19.2 Å². The molecule has 1 amide bonds. The fourth-order valence-electron chi connectivity index (χ4n) is 11.6. The van der Waals surface area contributed by atoms with Crippen molar-refractivity contribution in [3.8, 4) is 17.2 Å². The van der Waals surface area contributed by atoms with Gasteiger partial charge in [-0.05, 0) is 117 Å². The van der Waals surface area contributed by atoms with E-state index in [0.717, 1.165) is 69.9 Å². The minimum absolute atomic E-state index is 0.00509. The van der Waals surface area contributed by atoms with E-state index in [-0.39, 0.29) is 64.0 Å². The molecule has 15 nitrogen and oxygen atoms in total. The minimum Gasteiger partial charge on any atom is -0.489 e.